The van der Waals surface area contributed by atoms with Crippen molar-refractivity contribution in [2.75, 3.05) is 50.7 Å². The van der Waals surface area contributed by atoms with Crippen molar-refractivity contribution in [1.82, 2.24) is 14.8 Å². The summed E-state index contributed by atoms with van der Waals surface area (Å²) < 4.78 is 13.1. The highest BCUT2D eigenvalue weighted by atomic mass is 19.1. The Labute approximate surface area is 113 Å². The fourth-order valence-electron chi connectivity index (χ4n) is 2.89. The molecule has 0 atom stereocenters. The van der Waals surface area contributed by atoms with Crippen LogP contribution in [0.15, 0.2) is 18.2 Å². The smallest absolute Gasteiger partial charge is 0.214 e. The second-order valence-corrected chi connectivity index (χ2v) is 5.35. The van der Waals surface area contributed by atoms with Crippen molar-refractivity contribution in [2.24, 2.45) is 0 Å². The molecule has 19 heavy (non-hydrogen) atoms. The third-order valence-corrected chi connectivity index (χ3v) is 4.26. The molecule has 1 aromatic heterocycles. The third-order valence-electron chi connectivity index (χ3n) is 4.26. The summed E-state index contributed by atoms with van der Waals surface area (Å²) in [5.74, 6) is 0.376. The van der Waals surface area contributed by atoms with Crippen molar-refractivity contribution in [1.29, 1.82) is 0 Å². The van der Waals surface area contributed by atoms with Gasteiger partial charge in [0.1, 0.15) is 5.82 Å². The van der Waals surface area contributed by atoms with E-state index in [1.165, 1.54) is 19.2 Å². The number of anilines is 1. The highest BCUT2D eigenvalue weighted by Crippen LogP contribution is 2.22. The molecule has 2 aliphatic heterocycles. The van der Waals surface area contributed by atoms with E-state index in [1.807, 2.05) is 6.07 Å². The molecular weight excluding hydrogens is 243 g/mol. The van der Waals surface area contributed by atoms with Crippen molar-refractivity contribution >= 4 is 5.82 Å². The van der Waals surface area contributed by atoms with Crippen LogP contribution in [-0.2, 0) is 0 Å². The average Bonchev–Trinajstić information content (AvgIpc) is 2.38. The highest BCUT2D eigenvalue weighted by Gasteiger charge is 2.33. The molecule has 0 aliphatic carbocycles. The minimum absolute atomic E-state index is 0.391. The Morgan fingerprint density at radius 3 is 2.58 bits per heavy atom. The number of aromatic nitrogens is 1. The number of pyridine rings is 1. The molecule has 2 aliphatic rings. The van der Waals surface area contributed by atoms with E-state index in [0.29, 0.717) is 6.04 Å². The highest BCUT2D eigenvalue weighted by molar-refractivity contribution is 5.42. The van der Waals surface area contributed by atoms with Gasteiger partial charge in [-0.1, -0.05) is 13.0 Å². The van der Waals surface area contributed by atoms with Crippen molar-refractivity contribution in [3.63, 3.8) is 0 Å². The summed E-state index contributed by atoms with van der Waals surface area (Å²) in [6.07, 6.45) is 0. The monoisotopic (exact) mass is 264 g/mol. The van der Waals surface area contributed by atoms with Crippen LogP contribution in [0.1, 0.15) is 6.92 Å². The summed E-state index contributed by atoms with van der Waals surface area (Å²) in [6, 6.07) is 5.62. The van der Waals surface area contributed by atoms with E-state index >= 15 is 0 Å². The maximum atomic E-state index is 13.1. The largest absolute Gasteiger partial charge is 0.353 e. The lowest BCUT2D eigenvalue weighted by atomic mass is 10.1. The van der Waals surface area contributed by atoms with Crippen LogP contribution in [0.2, 0.25) is 0 Å². The first-order chi connectivity index (χ1) is 9.26. The summed E-state index contributed by atoms with van der Waals surface area (Å²) >= 11 is 0. The SMILES string of the molecule is CCN1CCN(C2CN(c3cccc(F)n3)C2)CC1. The zero-order valence-corrected chi connectivity index (χ0v) is 11.4. The minimum atomic E-state index is -0.391. The number of nitrogens with zero attached hydrogens (tertiary/aromatic N) is 4. The standard InChI is InChI=1S/C14H21FN4/c1-2-17-6-8-18(9-7-17)12-10-19(11-12)14-5-3-4-13(15)16-14/h3-5,12H,2,6-11H2,1H3. The quantitative estimate of drug-likeness (QED) is 0.761. The zero-order valence-electron chi connectivity index (χ0n) is 11.4. The van der Waals surface area contributed by atoms with Crippen molar-refractivity contribution in [3.05, 3.63) is 24.1 Å². The molecule has 0 radical (unpaired) electrons. The topological polar surface area (TPSA) is 22.6 Å². The van der Waals surface area contributed by atoms with Gasteiger partial charge in [0.05, 0.1) is 0 Å². The molecule has 104 valence electrons. The average molecular weight is 264 g/mol. The van der Waals surface area contributed by atoms with Crippen LogP contribution < -0.4 is 4.90 Å². The fourth-order valence-corrected chi connectivity index (χ4v) is 2.89. The van der Waals surface area contributed by atoms with Gasteiger partial charge in [-0.2, -0.15) is 4.39 Å². The van der Waals surface area contributed by atoms with Gasteiger partial charge in [-0.25, -0.2) is 4.98 Å². The van der Waals surface area contributed by atoms with Crippen LogP contribution in [0.25, 0.3) is 0 Å². The minimum Gasteiger partial charge on any atom is -0.353 e. The number of likely N-dealkylation sites (N-methyl/N-ethyl adjacent to an activating group) is 1. The molecule has 4 nitrogen and oxygen atoms in total. The molecule has 1 aromatic rings. The molecule has 0 N–H and O–H groups in total. The molecule has 0 amide bonds. The van der Waals surface area contributed by atoms with Crippen LogP contribution in [0.3, 0.4) is 0 Å². The lowest BCUT2D eigenvalue weighted by molar-refractivity contribution is 0.0858. The number of rotatable bonds is 3. The molecular formula is C14H21FN4. The van der Waals surface area contributed by atoms with E-state index in [-0.39, 0.29) is 0 Å². The second-order valence-electron chi connectivity index (χ2n) is 5.35. The molecule has 0 bridgehead atoms. The first kappa shape index (κ1) is 12.8. The van der Waals surface area contributed by atoms with Crippen LogP contribution in [0.5, 0.6) is 0 Å². The van der Waals surface area contributed by atoms with Gasteiger partial charge < -0.3 is 9.80 Å². The van der Waals surface area contributed by atoms with Gasteiger partial charge in [-0.15, -0.1) is 0 Å². The Kier molecular flexibility index (Phi) is 3.66. The Morgan fingerprint density at radius 2 is 1.95 bits per heavy atom. The maximum absolute atomic E-state index is 13.1. The van der Waals surface area contributed by atoms with Crippen LogP contribution >= 0.6 is 0 Å². The van der Waals surface area contributed by atoms with Gasteiger partial charge in [-0.3, -0.25) is 4.90 Å². The predicted molar refractivity (Wildman–Crippen MR) is 73.9 cm³/mol. The second kappa shape index (κ2) is 5.43. The zero-order chi connectivity index (χ0) is 13.2. The lowest BCUT2D eigenvalue weighted by Crippen LogP contribution is -2.63. The molecule has 0 saturated carbocycles. The van der Waals surface area contributed by atoms with Gasteiger partial charge in [0.2, 0.25) is 5.95 Å². The molecule has 0 unspecified atom stereocenters. The molecule has 3 rings (SSSR count). The lowest BCUT2D eigenvalue weighted by Gasteiger charge is -2.48. The van der Waals surface area contributed by atoms with E-state index in [1.54, 1.807) is 6.07 Å². The Bertz CT molecular complexity index is 425. The molecule has 2 saturated heterocycles. The van der Waals surface area contributed by atoms with Crippen molar-refractivity contribution in [3.8, 4) is 0 Å². The summed E-state index contributed by atoms with van der Waals surface area (Å²) in [5.41, 5.74) is 0. The molecule has 0 spiro atoms. The van der Waals surface area contributed by atoms with E-state index in [0.717, 1.165) is 38.5 Å². The molecule has 2 fully saturated rings. The van der Waals surface area contributed by atoms with E-state index < -0.39 is 5.95 Å². The first-order valence-corrected chi connectivity index (χ1v) is 7.10. The van der Waals surface area contributed by atoms with Gasteiger partial charge in [0.15, 0.2) is 0 Å². The Balaban J connectivity index is 1.50. The van der Waals surface area contributed by atoms with Gasteiger partial charge >= 0.3 is 0 Å². The Morgan fingerprint density at radius 1 is 1.21 bits per heavy atom. The van der Waals surface area contributed by atoms with Gasteiger partial charge in [0.25, 0.3) is 0 Å². The summed E-state index contributed by atoms with van der Waals surface area (Å²) in [6.45, 7) is 9.97. The number of hydrogen-bond acceptors (Lipinski definition) is 4. The first-order valence-electron chi connectivity index (χ1n) is 7.10. The number of halogens is 1. The van der Waals surface area contributed by atoms with Crippen molar-refractivity contribution < 1.29 is 4.39 Å². The maximum Gasteiger partial charge on any atom is 0.214 e. The Hall–Kier alpha value is -1.20. The molecule has 3 heterocycles. The van der Waals surface area contributed by atoms with E-state index in [4.69, 9.17) is 0 Å². The van der Waals surface area contributed by atoms with Crippen LogP contribution in [-0.4, -0.2) is 66.6 Å². The fraction of sp³-hybridized carbons (Fsp3) is 0.643. The van der Waals surface area contributed by atoms with E-state index in [9.17, 15) is 4.39 Å². The van der Waals surface area contributed by atoms with Crippen molar-refractivity contribution in [2.45, 2.75) is 13.0 Å². The van der Waals surface area contributed by atoms with Gasteiger partial charge in [-0.05, 0) is 18.7 Å². The van der Waals surface area contributed by atoms with Crippen LogP contribution in [0, 0.1) is 5.95 Å². The number of hydrogen-bond donors (Lipinski definition) is 0. The molecule has 0 aromatic carbocycles. The summed E-state index contributed by atoms with van der Waals surface area (Å²) in [4.78, 5) is 11.1. The summed E-state index contributed by atoms with van der Waals surface area (Å²) in [7, 11) is 0. The normalized spacial score (nSPS) is 22.5. The summed E-state index contributed by atoms with van der Waals surface area (Å²) in [5, 5.41) is 0. The van der Waals surface area contributed by atoms with Crippen LogP contribution in [0.4, 0.5) is 10.2 Å². The molecule has 5 heteroatoms. The predicted octanol–water partition coefficient (Wildman–Crippen LogP) is 1.05. The third kappa shape index (κ3) is 2.72. The van der Waals surface area contributed by atoms with E-state index in [2.05, 4.69) is 26.6 Å². The van der Waals surface area contributed by atoms with Gasteiger partial charge in [0, 0.05) is 45.3 Å². The number of piperazine rings is 1.